The number of methoxy groups -OCH3 is 1. The molecular formula is C26H34F3N3O2. The Hall–Kier alpha value is -2.45. The molecule has 1 aliphatic heterocycles. The number of rotatable bonds is 11. The molecule has 34 heavy (non-hydrogen) atoms. The molecule has 2 aliphatic rings. The minimum Gasteiger partial charge on any atom is -0.501 e. The van der Waals surface area contributed by atoms with Crippen molar-refractivity contribution >= 4 is 10.9 Å². The summed E-state index contributed by atoms with van der Waals surface area (Å²) in [5.41, 5.74) is 3.21. The van der Waals surface area contributed by atoms with Crippen LogP contribution in [0.3, 0.4) is 0 Å². The highest BCUT2D eigenvalue weighted by molar-refractivity contribution is 5.85. The van der Waals surface area contributed by atoms with E-state index in [1.165, 1.54) is 5.56 Å². The molecule has 0 saturated heterocycles. The van der Waals surface area contributed by atoms with Crippen molar-refractivity contribution in [3.05, 3.63) is 59.2 Å². The number of ether oxygens (including phenoxy) is 2. The maximum absolute atomic E-state index is 13.7. The molecule has 1 aromatic carbocycles. The number of para-hydroxylation sites is 1. The number of allylic oxidation sites excluding steroid dienone is 3. The Labute approximate surface area is 199 Å². The minimum atomic E-state index is -2.43. The Kier molecular flexibility index (Phi) is 8.21. The summed E-state index contributed by atoms with van der Waals surface area (Å²) < 4.78 is 51.4. The predicted octanol–water partition coefficient (Wildman–Crippen LogP) is 5.12. The summed E-state index contributed by atoms with van der Waals surface area (Å²) in [6.07, 6.45) is 3.10. The number of nitrogens with zero attached hydrogens (tertiary/aromatic N) is 1. The van der Waals surface area contributed by atoms with E-state index in [0.717, 1.165) is 28.1 Å². The average molecular weight is 478 g/mol. The molecule has 2 heterocycles. The van der Waals surface area contributed by atoms with Gasteiger partial charge in [0.25, 0.3) is 6.43 Å². The predicted molar refractivity (Wildman–Crippen MR) is 128 cm³/mol. The molecule has 1 aromatic heterocycles. The van der Waals surface area contributed by atoms with E-state index in [4.69, 9.17) is 9.47 Å². The van der Waals surface area contributed by atoms with Gasteiger partial charge in [0.15, 0.2) is 0 Å². The second kappa shape index (κ2) is 11.3. The lowest BCUT2D eigenvalue weighted by molar-refractivity contribution is 0.00785. The number of benzene rings is 1. The summed E-state index contributed by atoms with van der Waals surface area (Å²) in [6, 6.07) is 7.79. The van der Waals surface area contributed by atoms with Crippen molar-refractivity contribution in [2.24, 2.45) is 5.92 Å². The highest BCUT2D eigenvalue weighted by atomic mass is 19.3. The lowest BCUT2D eigenvalue weighted by Crippen LogP contribution is -2.47. The molecule has 2 N–H and O–H groups in total. The zero-order valence-electron chi connectivity index (χ0n) is 19.8. The van der Waals surface area contributed by atoms with Gasteiger partial charge in [0.05, 0.1) is 32.1 Å². The number of aromatic nitrogens is 1. The van der Waals surface area contributed by atoms with E-state index in [1.807, 2.05) is 42.2 Å². The highest BCUT2D eigenvalue weighted by Crippen LogP contribution is 2.46. The zero-order valence-corrected chi connectivity index (χ0v) is 19.8. The maximum Gasteiger partial charge on any atom is 0.251 e. The molecule has 0 saturated carbocycles. The van der Waals surface area contributed by atoms with E-state index < -0.39 is 6.43 Å². The molecule has 2 aromatic rings. The van der Waals surface area contributed by atoms with Gasteiger partial charge in [-0.25, -0.2) is 8.78 Å². The Morgan fingerprint density at radius 1 is 1.18 bits per heavy atom. The summed E-state index contributed by atoms with van der Waals surface area (Å²) in [4.78, 5) is 5.47. The van der Waals surface area contributed by atoms with Crippen LogP contribution in [0, 0.1) is 5.92 Å². The molecule has 0 spiro atoms. The normalized spacial score (nSPS) is 23.1. The van der Waals surface area contributed by atoms with Crippen molar-refractivity contribution in [1.29, 1.82) is 0 Å². The van der Waals surface area contributed by atoms with Crippen LogP contribution in [0.25, 0.3) is 10.9 Å². The Morgan fingerprint density at radius 2 is 2.00 bits per heavy atom. The topological polar surface area (TPSA) is 49.5 Å². The first kappa shape index (κ1) is 24.7. The molecule has 0 bridgehead atoms. The molecule has 4 rings (SSSR count). The number of aromatic amines is 1. The fraction of sp³-hybridized carbons (Fsp3) is 0.538. The van der Waals surface area contributed by atoms with Crippen LogP contribution in [0.5, 0.6) is 0 Å². The van der Waals surface area contributed by atoms with Crippen LogP contribution in [-0.4, -0.2) is 62.4 Å². The molecule has 0 radical (unpaired) electrons. The van der Waals surface area contributed by atoms with Gasteiger partial charge in [-0.05, 0) is 50.1 Å². The molecule has 0 fully saturated rings. The lowest BCUT2D eigenvalue weighted by Gasteiger charge is -2.45. The average Bonchev–Trinajstić information content (AvgIpc) is 3.19. The van der Waals surface area contributed by atoms with Gasteiger partial charge in [-0.15, -0.1) is 0 Å². The summed E-state index contributed by atoms with van der Waals surface area (Å²) in [7, 11) is 1.63. The van der Waals surface area contributed by atoms with Gasteiger partial charge in [-0.1, -0.05) is 18.2 Å². The van der Waals surface area contributed by atoms with Crippen molar-refractivity contribution in [2.75, 3.05) is 40.0 Å². The largest absolute Gasteiger partial charge is 0.501 e. The van der Waals surface area contributed by atoms with Crippen LogP contribution in [0.2, 0.25) is 0 Å². The molecule has 1 unspecified atom stereocenters. The minimum absolute atomic E-state index is 0.0428. The second-order valence-corrected chi connectivity index (χ2v) is 9.01. The van der Waals surface area contributed by atoms with Gasteiger partial charge in [0, 0.05) is 41.5 Å². The van der Waals surface area contributed by atoms with Crippen molar-refractivity contribution in [3.8, 4) is 0 Å². The Bertz CT molecular complexity index is 1020. The van der Waals surface area contributed by atoms with E-state index in [-0.39, 0.29) is 31.2 Å². The number of hydrogen-bond donors (Lipinski definition) is 2. The van der Waals surface area contributed by atoms with Gasteiger partial charge < -0.3 is 19.8 Å². The summed E-state index contributed by atoms with van der Waals surface area (Å²) >= 11 is 0. The van der Waals surface area contributed by atoms with E-state index in [2.05, 4.69) is 16.4 Å². The van der Waals surface area contributed by atoms with Gasteiger partial charge in [-0.3, -0.25) is 9.29 Å². The van der Waals surface area contributed by atoms with Crippen LogP contribution < -0.4 is 5.32 Å². The summed E-state index contributed by atoms with van der Waals surface area (Å²) in [6.45, 7) is 3.08. The molecule has 1 aliphatic carbocycles. The molecule has 5 nitrogen and oxygen atoms in total. The molecule has 186 valence electrons. The SMILES string of the molecule is COC1=CC=C(OCCNCCCF)CC1[C@@H]1c2[nH]c3ccccc3c2C[C@@H](C)N1CC(F)F. The van der Waals surface area contributed by atoms with Crippen molar-refractivity contribution in [3.63, 3.8) is 0 Å². The summed E-state index contributed by atoms with van der Waals surface area (Å²) in [5, 5.41) is 4.30. The quantitative estimate of drug-likeness (QED) is 0.441. The maximum atomic E-state index is 13.7. The van der Waals surface area contributed by atoms with Crippen LogP contribution in [0.4, 0.5) is 13.2 Å². The molecule has 8 heteroatoms. The third kappa shape index (κ3) is 5.28. The zero-order chi connectivity index (χ0) is 24.1. The van der Waals surface area contributed by atoms with Gasteiger partial charge in [0.2, 0.25) is 0 Å². The standard InChI is InChI=1S/C26H34F3N3O2/c1-17-14-20-19-6-3-4-7-22(19)31-25(20)26(32(17)16-24(28)29)21-15-18(8-9-23(21)33-2)34-13-12-30-11-5-10-27/h3-4,6-9,17,21,24,26,30-31H,5,10-16H2,1-2H3/t17-,21?,26-/m1/s1. The number of alkyl halides is 3. The lowest BCUT2D eigenvalue weighted by atomic mass is 9.81. The van der Waals surface area contributed by atoms with Gasteiger partial charge in [0.1, 0.15) is 12.4 Å². The molecule has 0 amide bonds. The fourth-order valence-electron chi connectivity index (χ4n) is 5.28. The molecular weight excluding hydrogens is 443 g/mol. The van der Waals surface area contributed by atoms with Crippen LogP contribution >= 0.6 is 0 Å². The summed E-state index contributed by atoms with van der Waals surface area (Å²) in [5.74, 6) is 1.39. The first-order chi connectivity index (χ1) is 16.5. The third-order valence-electron chi connectivity index (χ3n) is 6.80. The number of fused-ring (bicyclic) bond motifs is 3. The van der Waals surface area contributed by atoms with Crippen LogP contribution in [0.15, 0.2) is 47.9 Å². The Morgan fingerprint density at radius 3 is 2.76 bits per heavy atom. The monoisotopic (exact) mass is 477 g/mol. The third-order valence-corrected chi connectivity index (χ3v) is 6.80. The number of halogens is 3. The second-order valence-electron chi connectivity index (χ2n) is 9.01. The first-order valence-corrected chi connectivity index (χ1v) is 12.0. The number of H-pyrrole nitrogens is 1. The number of nitrogens with one attached hydrogen (secondary N) is 2. The molecule has 3 atom stereocenters. The van der Waals surface area contributed by atoms with Crippen molar-refractivity contribution in [1.82, 2.24) is 15.2 Å². The van der Waals surface area contributed by atoms with Crippen LogP contribution in [0.1, 0.15) is 37.1 Å². The van der Waals surface area contributed by atoms with E-state index >= 15 is 0 Å². The van der Waals surface area contributed by atoms with Crippen LogP contribution in [-0.2, 0) is 15.9 Å². The highest BCUT2D eigenvalue weighted by Gasteiger charge is 2.43. The van der Waals surface area contributed by atoms with Crippen molar-refractivity contribution in [2.45, 2.75) is 44.7 Å². The van der Waals surface area contributed by atoms with E-state index in [0.29, 0.717) is 39.0 Å². The van der Waals surface area contributed by atoms with Crippen molar-refractivity contribution < 1.29 is 22.6 Å². The first-order valence-electron chi connectivity index (χ1n) is 12.0. The van der Waals surface area contributed by atoms with E-state index in [1.54, 1.807) is 7.11 Å². The van der Waals surface area contributed by atoms with Gasteiger partial charge >= 0.3 is 0 Å². The van der Waals surface area contributed by atoms with Gasteiger partial charge in [-0.2, -0.15) is 0 Å². The number of hydrogen-bond acceptors (Lipinski definition) is 4. The Balaban J connectivity index is 1.61. The van der Waals surface area contributed by atoms with E-state index in [9.17, 15) is 13.2 Å². The smallest absolute Gasteiger partial charge is 0.251 e. The fourth-order valence-corrected chi connectivity index (χ4v) is 5.28.